The molecule has 1 amide bonds. The van der Waals surface area contributed by atoms with Crippen molar-refractivity contribution in [2.24, 2.45) is 0 Å². The van der Waals surface area contributed by atoms with Crippen molar-refractivity contribution < 1.29 is 14.1 Å². The molecule has 0 aliphatic carbocycles. The van der Waals surface area contributed by atoms with Crippen LogP contribution in [0.25, 0.3) is 6.08 Å². The van der Waals surface area contributed by atoms with Gasteiger partial charge in [-0.25, -0.2) is 0 Å². The van der Waals surface area contributed by atoms with Gasteiger partial charge in [-0.15, -0.1) is 0 Å². The Bertz CT molecular complexity index is 562. The van der Waals surface area contributed by atoms with E-state index in [9.17, 15) is 4.79 Å². The minimum atomic E-state index is -0.321. The van der Waals surface area contributed by atoms with E-state index in [0.29, 0.717) is 6.54 Å². The maximum atomic E-state index is 10.8. The van der Waals surface area contributed by atoms with Crippen LogP contribution in [-0.4, -0.2) is 30.8 Å². The number of carbonyl (C=O) groups excluding carboxylic acids is 1. The zero-order valence-electron chi connectivity index (χ0n) is 14.7. The van der Waals surface area contributed by atoms with E-state index in [1.165, 1.54) is 6.92 Å². The zero-order valence-corrected chi connectivity index (χ0v) is 14.7. The highest BCUT2D eigenvalue weighted by Gasteiger charge is 2.51. The molecule has 2 rings (SSSR count). The summed E-state index contributed by atoms with van der Waals surface area (Å²) < 4.78 is 12.1. The third kappa shape index (κ3) is 4.46. The Morgan fingerprint density at radius 3 is 2.22 bits per heavy atom. The molecule has 0 radical (unpaired) electrons. The Morgan fingerprint density at radius 2 is 1.70 bits per heavy atom. The van der Waals surface area contributed by atoms with E-state index in [1.807, 2.05) is 12.1 Å². The van der Waals surface area contributed by atoms with Gasteiger partial charge >= 0.3 is 7.12 Å². The van der Waals surface area contributed by atoms with Gasteiger partial charge in [0.15, 0.2) is 0 Å². The summed E-state index contributed by atoms with van der Waals surface area (Å²) in [4.78, 5) is 10.8. The number of hydrogen-bond acceptors (Lipinski definition) is 3. The van der Waals surface area contributed by atoms with Crippen LogP contribution in [0.3, 0.4) is 0 Å². The molecule has 0 bridgehead atoms. The number of amides is 1. The molecule has 0 unspecified atom stereocenters. The molecular formula is C18H26BNO3. The summed E-state index contributed by atoms with van der Waals surface area (Å²) in [5.41, 5.74) is 1.51. The zero-order chi connectivity index (χ0) is 17.1. The van der Waals surface area contributed by atoms with Gasteiger partial charge in [-0.2, -0.15) is 0 Å². The molecule has 124 valence electrons. The predicted molar refractivity (Wildman–Crippen MR) is 94.5 cm³/mol. The Labute approximate surface area is 139 Å². The van der Waals surface area contributed by atoms with Gasteiger partial charge in [-0.3, -0.25) is 4.79 Å². The molecule has 0 atom stereocenters. The molecule has 23 heavy (non-hydrogen) atoms. The molecule has 1 aromatic rings. The van der Waals surface area contributed by atoms with Crippen molar-refractivity contribution in [2.75, 3.05) is 6.54 Å². The van der Waals surface area contributed by atoms with E-state index >= 15 is 0 Å². The number of carbonyl (C=O) groups is 1. The molecule has 1 aliphatic heterocycles. The van der Waals surface area contributed by atoms with Crippen LogP contribution in [0.5, 0.6) is 0 Å². The van der Waals surface area contributed by atoms with E-state index in [4.69, 9.17) is 9.31 Å². The minimum Gasteiger partial charge on any atom is -0.399 e. The molecule has 1 fully saturated rings. The number of nitrogens with one attached hydrogen (secondary N) is 1. The van der Waals surface area contributed by atoms with Crippen molar-refractivity contribution in [3.8, 4) is 0 Å². The van der Waals surface area contributed by atoms with Gasteiger partial charge in [-0.05, 0) is 45.1 Å². The summed E-state index contributed by atoms with van der Waals surface area (Å²) in [7, 11) is -0.321. The van der Waals surface area contributed by atoms with Gasteiger partial charge in [0.2, 0.25) is 5.91 Å². The van der Waals surface area contributed by atoms with Crippen LogP contribution in [0, 0.1) is 0 Å². The SMILES string of the molecule is CC(=O)NCCC=Cc1ccc(B2OC(C)(C)C(C)(C)O2)cc1. The number of hydrogen-bond donors (Lipinski definition) is 1. The molecule has 1 aliphatic rings. The van der Waals surface area contributed by atoms with Gasteiger partial charge in [0.1, 0.15) is 0 Å². The first-order chi connectivity index (χ1) is 10.7. The largest absolute Gasteiger partial charge is 0.494 e. The fourth-order valence-electron chi connectivity index (χ4n) is 2.29. The molecule has 1 N–H and O–H groups in total. The fraction of sp³-hybridized carbons (Fsp3) is 0.500. The standard InChI is InChI=1S/C18H26BNO3/c1-14(21)20-13-7-6-8-15-9-11-16(12-10-15)19-22-17(2,3)18(4,5)23-19/h6,8-12H,7,13H2,1-5H3,(H,20,21). The Hall–Kier alpha value is -1.59. The van der Waals surface area contributed by atoms with Crippen LogP contribution >= 0.6 is 0 Å². The average molecular weight is 315 g/mol. The lowest BCUT2D eigenvalue weighted by Gasteiger charge is -2.32. The molecule has 4 nitrogen and oxygen atoms in total. The summed E-state index contributed by atoms with van der Waals surface area (Å²) in [6, 6.07) is 8.18. The van der Waals surface area contributed by atoms with Crippen LogP contribution in [0.1, 0.15) is 46.6 Å². The van der Waals surface area contributed by atoms with Crippen LogP contribution in [-0.2, 0) is 14.1 Å². The number of rotatable bonds is 5. The van der Waals surface area contributed by atoms with E-state index < -0.39 is 0 Å². The maximum Gasteiger partial charge on any atom is 0.494 e. The second-order valence-corrected chi connectivity index (χ2v) is 6.93. The normalized spacial score (nSPS) is 19.3. The predicted octanol–water partition coefficient (Wildman–Crippen LogP) is 2.53. The van der Waals surface area contributed by atoms with Crippen molar-refractivity contribution in [1.82, 2.24) is 5.32 Å². The summed E-state index contributed by atoms with van der Waals surface area (Å²) in [5, 5.41) is 2.77. The highest BCUT2D eigenvalue weighted by Crippen LogP contribution is 2.36. The van der Waals surface area contributed by atoms with Crippen molar-refractivity contribution in [1.29, 1.82) is 0 Å². The molecule has 1 aromatic carbocycles. The Morgan fingerprint density at radius 1 is 1.13 bits per heavy atom. The summed E-state index contributed by atoms with van der Waals surface area (Å²) in [6.45, 7) is 10.4. The second-order valence-electron chi connectivity index (χ2n) is 6.93. The minimum absolute atomic E-state index is 0.00478. The van der Waals surface area contributed by atoms with Gasteiger partial charge in [0.25, 0.3) is 0 Å². The average Bonchev–Trinajstić information content (AvgIpc) is 2.67. The summed E-state index contributed by atoms with van der Waals surface area (Å²) >= 11 is 0. The summed E-state index contributed by atoms with van der Waals surface area (Å²) in [6.07, 6.45) is 4.92. The third-order valence-corrected chi connectivity index (χ3v) is 4.46. The molecule has 1 saturated heterocycles. The van der Waals surface area contributed by atoms with Crippen molar-refractivity contribution in [3.63, 3.8) is 0 Å². The van der Waals surface area contributed by atoms with Gasteiger partial charge in [0.05, 0.1) is 11.2 Å². The number of benzene rings is 1. The van der Waals surface area contributed by atoms with Crippen LogP contribution < -0.4 is 10.8 Å². The smallest absolute Gasteiger partial charge is 0.399 e. The molecule has 0 saturated carbocycles. The second kappa shape index (κ2) is 6.89. The van der Waals surface area contributed by atoms with Crippen LogP contribution in [0.4, 0.5) is 0 Å². The van der Waals surface area contributed by atoms with E-state index in [0.717, 1.165) is 17.4 Å². The van der Waals surface area contributed by atoms with Gasteiger partial charge in [0, 0.05) is 13.5 Å². The lowest BCUT2D eigenvalue weighted by Crippen LogP contribution is -2.41. The van der Waals surface area contributed by atoms with Crippen molar-refractivity contribution >= 4 is 24.6 Å². The van der Waals surface area contributed by atoms with Crippen LogP contribution in [0.15, 0.2) is 30.3 Å². The molecular weight excluding hydrogens is 289 g/mol. The van der Waals surface area contributed by atoms with E-state index in [-0.39, 0.29) is 24.2 Å². The summed E-state index contributed by atoms with van der Waals surface area (Å²) in [5.74, 6) is 0.00478. The van der Waals surface area contributed by atoms with E-state index in [1.54, 1.807) is 0 Å². The quantitative estimate of drug-likeness (QED) is 0.671. The van der Waals surface area contributed by atoms with Gasteiger partial charge < -0.3 is 14.6 Å². The lowest BCUT2D eigenvalue weighted by molar-refractivity contribution is -0.118. The third-order valence-electron chi connectivity index (χ3n) is 4.46. The Balaban J connectivity index is 1.93. The molecule has 1 heterocycles. The van der Waals surface area contributed by atoms with Crippen LogP contribution in [0.2, 0.25) is 0 Å². The van der Waals surface area contributed by atoms with Gasteiger partial charge in [-0.1, -0.05) is 36.4 Å². The molecule has 5 heteroatoms. The monoisotopic (exact) mass is 315 g/mol. The first-order valence-corrected chi connectivity index (χ1v) is 8.08. The Kier molecular flexibility index (Phi) is 5.32. The first-order valence-electron chi connectivity index (χ1n) is 8.08. The molecule has 0 spiro atoms. The maximum absolute atomic E-state index is 10.8. The lowest BCUT2D eigenvalue weighted by atomic mass is 9.79. The topological polar surface area (TPSA) is 47.6 Å². The highest BCUT2D eigenvalue weighted by molar-refractivity contribution is 6.62. The first kappa shape index (κ1) is 17.8. The van der Waals surface area contributed by atoms with E-state index in [2.05, 4.69) is 57.3 Å². The highest BCUT2D eigenvalue weighted by atomic mass is 16.7. The van der Waals surface area contributed by atoms with Crippen molar-refractivity contribution in [3.05, 3.63) is 35.9 Å². The van der Waals surface area contributed by atoms with Crippen molar-refractivity contribution in [2.45, 2.75) is 52.2 Å². The fourth-order valence-corrected chi connectivity index (χ4v) is 2.29. The molecule has 0 aromatic heterocycles.